The lowest BCUT2D eigenvalue weighted by Crippen LogP contribution is -1.99. The van der Waals surface area contributed by atoms with Crippen molar-refractivity contribution < 1.29 is 0 Å². The number of hydrogen-bond donors (Lipinski definition) is 0. The van der Waals surface area contributed by atoms with E-state index in [0.717, 1.165) is 22.6 Å². The number of allylic oxidation sites excluding steroid dienone is 1. The van der Waals surface area contributed by atoms with Gasteiger partial charge in [-0.1, -0.05) is 23.7 Å². The number of para-hydroxylation sites is 1. The average molecular weight is 282 g/mol. The van der Waals surface area contributed by atoms with E-state index in [1.54, 1.807) is 6.08 Å². The molecule has 0 N–H and O–H groups in total. The van der Waals surface area contributed by atoms with Gasteiger partial charge in [-0.2, -0.15) is 10.5 Å². The normalized spacial score (nSPS) is 9.65. The second-order valence-corrected chi connectivity index (χ2v) is 4.80. The molecule has 20 heavy (non-hydrogen) atoms. The summed E-state index contributed by atoms with van der Waals surface area (Å²) in [5.74, 6) is 0. The Bertz CT molecular complexity index is 754. The Balaban J connectivity index is 2.63. The molecule has 0 spiro atoms. The number of aromatic nitrogens is 1. The number of hydrogen-bond acceptors (Lipinski definition) is 2. The molecule has 1 heterocycles. The molecule has 0 fully saturated rings. The third kappa shape index (κ3) is 2.45. The van der Waals surface area contributed by atoms with Crippen molar-refractivity contribution in [1.82, 2.24) is 4.57 Å². The number of rotatable bonds is 2. The first-order valence-corrected chi connectivity index (χ1v) is 6.42. The van der Waals surface area contributed by atoms with Crippen LogP contribution >= 0.6 is 11.6 Å². The fraction of sp³-hybridized carbons (Fsp3) is 0.125. The lowest BCUT2D eigenvalue weighted by atomic mass is 10.1. The second kappa shape index (κ2) is 5.65. The highest BCUT2D eigenvalue weighted by molar-refractivity contribution is 6.32. The maximum absolute atomic E-state index is 8.85. The van der Waals surface area contributed by atoms with Gasteiger partial charge in [0.25, 0.3) is 0 Å². The van der Waals surface area contributed by atoms with Gasteiger partial charge >= 0.3 is 0 Å². The Kier molecular flexibility index (Phi) is 3.94. The molecule has 0 saturated heterocycles. The fourth-order valence-electron chi connectivity index (χ4n) is 2.18. The third-order valence-electron chi connectivity index (χ3n) is 3.10. The summed E-state index contributed by atoms with van der Waals surface area (Å²) in [6, 6.07) is 13.3. The Labute approximate surface area is 122 Å². The zero-order valence-electron chi connectivity index (χ0n) is 11.2. The molecule has 0 aliphatic rings. The summed E-state index contributed by atoms with van der Waals surface area (Å²) in [4.78, 5) is 0. The Hall–Kier alpha value is -2.49. The molecule has 2 aromatic rings. The van der Waals surface area contributed by atoms with Crippen LogP contribution in [0.15, 0.2) is 35.9 Å². The van der Waals surface area contributed by atoms with Gasteiger partial charge in [0.15, 0.2) is 0 Å². The molecule has 1 aromatic carbocycles. The first-order chi connectivity index (χ1) is 9.58. The van der Waals surface area contributed by atoms with Gasteiger partial charge in [-0.3, -0.25) is 0 Å². The van der Waals surface area contributed by atoms with Crippen LogP contribution in [0.25, 0.3) is 11.8 Å². The van der Waals surface area contributed by atoms with Crippen LogP contribution in [0.1, 0.15) is 17.0 Å². The van der Waals surface area contributed by atoms with E-state index >= 15 is 0 Å². The Morgan fingerprint density at radius 3 is 2.45 bits per heavy atom. The van der Waals surface area contributed by atoms with Gasteiger partial charge in [-0.05, 0) is 43.7 Å². The molecule has 3 nitrogen and oxygen atoms in total. The molecular weight excluding hydrogens is 270 g/mol. The minimum atomic E-state index is 0.0874. The van der Waals surface area contributed by atoms with Crippen LogP contribution in [0.4, 0.5) is 0 Å². The van der Waals surface area contributed by atoms with Crippen molar-refractivity contribution in [2.75, 3.05) is 0 Å². The number of nitrogens with zero attached hydrogens (tertiary/aromatic N) is 3. The van der Waals surface area contributed by atoms with Crippen LogP contribution in [-0.2, 0) is 0 Å². The second-order valence-electron chi connectivity index (χ2n) is 4.39. The SMILES string of the molecule is Cc1cc(C=C(C#N)C#N)c(C)n1-c1ccccc1Cl. The first kappa shape index (κ1) is 13.9. The van der Waals surface area contributed by atoms with E-state index in [2.05, 4.69) is 0 Å². The Morgan fingerprint density at radius 1 is 1.20 bits per heavy atom. The van der Waals surface area contributed by atoms with E-state index in [4.69, 9.17) is 22.1 Å². The maximum Gasteiger partial charge on any atom is 0.130 e. The molecule has 98 valence electrons. The summed E-state index contributed by atoms with van der Waals surface area (Å²) >= 11 is 6.23. The molecule has 0 unspecified atom stereocenters. The predicted octanol–water partition coefficient (Wildman–Crippen LogP) is 4.18. The first-order valence-electron chi connectivity index (χ1n) is 6.04. The van der Waals surface area contributed by atoms with Crippen molar-refractivity contribution in [3.8, 4) is 17.8 Å². The van der Waals surface area contributed by atoms with Crippen molar-refractivity contribution in [2.24, 2.45) is 0 Å². The van der Waals surface area contributed by atoms with E-state index in [1.807, 2.05) is 60.9 Å². The topological polar surface area (TPSA) is 52.5 Å². The molecule has 0 bridgehead atoms. The number of nitriles is 2. The van der Waals surface area contributed by atoms with Gasteiger partial charge in [0, 0.05) is 11.4 Å². The number of benzene rings is 1. The van der Waals surface area contributed by atoms with Crippen molar-refractivity contribution in [2.45, 2.75) is 13.8 Å². The smallest absolute Gasteiger partial charge is 0.130 e. The van der Waals surface area contributed by atoms with Gasteiger partial charge < -0.3 is 4.57 Å². The number of halogens is 1. The van der Waals surface area contributed by atoms with Gasteiger partial charge in [-0.25, -0.2) is 0 Å². The summed E-state index contributed by atoms with van der Waals surface area (Å²) in [6.45, 7) is 3.90. The molecule has 0 radical (unpaired) electrons. The lowest BCUT2D eigenvalue weighted by Gasteiger charge is -2.11. The average Bonchev–Trinajstić information content (AvgIpc) is 2.72. The standard InChI is InChI=1S/C16H12ClN3/c1-11-7-14(8-13(9-18)10-19)12(2)20(11)16-6-4-3-5-15(16)17/h3-8H,1-2H3. The van der Waals surface area contributed by atoms with E-state index < -0.39 is 0 Å². The highest BCUT2D eigenvalue weighted by atomic mass is 35.5. The van der Waals surface area contributed by atoms with Gasteiger partial charge in [-0.15, -0.1) is 0 Å². The van der Waals surface area contributed by atoms with Crippen molar-refractivity contribution in [3.05, 3.63) is 57.9 Å². The minimum absolute atomic E-state index is 0.0874. The van der Waals surface area contributed by atoms with E-state index in [1.165, 1.54) is 0 Å². The monoisotopic (exact) mass is 281 g/mol. The highest BCUT2D eigenvalue weighted by Gasteiger charge is 2.12. The summed E-state index contributed by atoms with van der Waals surface area (Å²) in [5, 5.41) is 18.4. The summed E-state index contributed by atoms with van der Waals surface area (Å²) in [5.41, 5.74) is 3.76. The van der Waals surface area contributed by atoms with Crippen LogP contribution < -0.4 is 0 Å². The minimum Gasteiger partial charge on any atom is -0.316 e. The van der Waals surface area contributed by atoms with Crippen LogP contribution in [0, 0.1) is 36.5 Å². The molecular formula is C16H12ClN3. The zero-order valence-corrected chi connectivity index (χ0v) is 11.9. The van der Waals surface area contributed by atoms with Gasteiger partial charge in [0.05, 0.1) is 10.7 Å². The highest BCUT2D eigenvalue weighted by Crippen LogP contribution is 2.27. The van der Waals surface area contributed by atoms with Gasteiger partial charge in [0.1, 0.15) is 17.7 Å². The summed E-state index contributed by atoms with van der Waals surface area (Å²) < 4.78 is 2.01. The van der Waals surface area contributed by atoms with E-state index in [9.17, 15) is 0 Å². The maximum atomic E-state index is 8.85. The van der Waals surface area contributed by atoms with Crippen molar-refractivity contribution >= 4 is 17.7 Å². The molecule has 0 atom stereocenters. The van der Waals surface area contributed by atoms with Crippen molar-refractivity contribution in [3.63, 3.8) is 0 Å². The Morgan fingerprint density at radius 2 is 1.85 bits per heavy atom. The van der Waals surface area contributed by atoms with Gasteiger partial charge in [0.2, 0.25) is 0 Å². The molecule has 0 aliphatic heterocycles. The fourth-order valence-corrected chi connectivity index (χ4v) is 2.40. The van der Waals surface area contributed by atoms with E-state index in [0.29, 0.717) is 5.02 Å². The lowest BCUT2D eigenvalue weighted by molar-refractivity contribution is 0.965. The third-order valence-corrected chi connectivity index (χ3v) is 3.42. The van der Waals surface area contributed by atoms with Crippen LogP contribution in [0.3, 0.4) is 0 Å². The molecule has 4 heteroatoms. The molecule has 1 aromatic heterocycles. The molecule has 0 saturated carbocycles. The quantitative estimate of drug-likeness (QED) is 0.776. The summed E-state index contributed by atoms with van der Waals surface area (Å²) in [7, 11) is 0. The van der Waals surface area contributed by atoms with Crippen molar-refractivity contribution in [1.29, 1.82) is 10.5 Å². The van der Waals surface area contributed by atoms with Crippen LogP contribution in [0.2, 0.25) is 5.02 Å². The number of aryl methyl sites for hydroxylation is 1. The predicted molar refractivity (Wildman–Crippen MR) is 79.5 cm³/mol. The largest absolute Gasteiger partial charge is 0.316 e. The zero-order chi connectivity index (χ0) is 14.7. The molecule has 0 amide bonds. The molecule has 2 rings (SSSR count). The van der Waals surface area contributed by atoms with Crippen LogP contribution in [0.5, 0.6) is 0 Å². The van der Waals surface area contributed by atoms with E-state index in [-0.39, 0.29) is 5.57 Å². The molecule has 0 aliphatic carbocycles. The summed E-state index contributed by atoms with van der Waals surface area (Å²) in [6.07, 6.45) is 1.59. The van der Waals surface area contributed by atoms with Crippen LogP contribution in [-0.4, -0.2) is 4.57 Å².